The highest BCUT2D eigenvalue weighted by molar-refractivity contribution is 5.94. The summed E-state index contributed by atoms with van der Waals surface area (Å²) in [6, 6.07) is 7.03. The summed E-state index contributed by atoms with van der Waals surface area (Å²) >= 11 is 0. The molecule has 1 heterocycles. The summed E-state index contributed by atoms with van der Waals surface area (Å²) in [7, 11) is 0. The number of benzene rings is 1. The van der Waals surface area contributed by atoms with Gasteiger partial charge >= 0.3 is 12.1 Å². The molecule has 0 saturated heterocycles. The first-order chi connectivity index (χ1) is 17.1. The highest BCUT2D eigenvalue weighted by atomic mass is 19.4. The summed E-state index contributed by atoms with van der Waals surface area (Å²) in [5.74, 6) is -0.0723. The molecular formula is C28H29F3N2O3. The summed E-state index contributed by atoms with van der Waals surface area (Å²) in [5.41, 5.74) is 3.64. The third kappa shape index (κ3) is 4.31. The predicted octanol–water partition coefficient (Wildman–Crippen LogP) is 5.85. The fraction of sp³-hybridized carbons (Fsp3) is 0.464. The van der Waals surface area contributed by atoms with Crippen LogP contribution in [0, 0.1) is 17.3 Å². The lowest BCUT2D eigenvalue weighted by Crippen LogP contribution is -2.41. The third-order valence-electron chi connectivity index (χ3n) is 8.57. The van der Waals surface area contributed by atoms with Gasteiger partial charge in [-0.25, -0.2) is 0 Å². The molecule has 0 radical (unpaired) electrons. The number of rotatable bonds is 5. The Morgan fingerprint density at radius 2 is 2.00 bits per heavy atom. The maximum Gasteiger partial charge on any atom is 0.417 e. The Kier molecular flexibility index (Phi) is 6.17. The Morgan fingerprint density at radius 3 is 2.75 bits per heavy atom. The van der Waals surface area contributed by atoms with E-state index in [1.807, 2.05) is 18.2 Å². The average molecular weight is 499 g/mol. The minimum absolute atomic E-state index is 0.0902. The molecular weight excluding hydrogens is 469 g/mol. The van der Waals surface area contributed by atoms with E-state index in [-0.39, 0.29) is 24.3 Å². The minimum Gasteiger partial charge on any atom is -0.481 e. The van der Waals surface area contributed by atoms with Gasteiger partial charge in [0, 0.05) is 24.5 Å². The molecule has 1 aromatic carbocycles. The number of aryl methyl sites for hydroxylation is 1. The van der Waals surface area contributed by atoms with E-state index in [4.69, 9.17) is 5.11 Å². The van der Waals surface area contributed by atoms with Gasteiger partial charge in [0.25, 0.3) is 5.91 Å². The molecule has 2 N–H and O–H groups in total. The lowest BCUT2D eigenvalue weighted by atomic mass is 9.54. The van der Waals surface area contributed by atoms with E-state index < -0.39 is 17.7 Å². The summed E-state index contributed by atoms with van der Waals surface area (Å²) in [6.45, 7) is 2.29. The van der Waals surface area contributed by atoms with Crippen LogP contribution in [0.4, 0.5) is 13.2 Å². The number of aliphatic carboxylic acids is 1. The molecule has 1 amide bonds. The number of carboxylic acid groups (broad SMARTS) is 1. The van der Waals surface area contributed by atoms with E-state index in [0.717, 1.165) is 43.9 Å². The summed E-state index contributed by atoms with van der Waals surface area (Å²) < 4.78 is 39.9. The lowest BCUT2D eigenvalue weighted by Gasteiger charge is -2.50. The molecule has 0 spiro atoms. The van der Waals surface area contributed by atoms with Crippen LogP contribution in [0.5, 0.6) is 0 Å². The van der Waals surface area contributed by atoms with Crippen molar-refractivity contribution in [3.63, 3.8) is 0 Å². The van der Waals surface area contributed by atoms with E-state index in [9.17, 15) is 22.8 Å². The number of alkyl halides is 3. The number of hydrogen-bond acceptors (Lipinski definition) is 3. The fourth-order valence-electron chi connectivity index (χ4n) is 6.87. The van der Waals surface area contributed by atoms with Gasteiger partial charge < -0.3 is 10.4 Å². The van der Waals surface area contributed by atoms with E-state index in [0.29, 0.717) is 28.9 Å². The number of halogens is 3. The van der Waals surface area contributed by atoms with Gasteiger partial charge in [0.1, 0.15) is 0 Å². The first kappa shape index (κ1) is 24.5. The van der Waals surface area contributed by atoms with Crippen LogP contribution in [0.2, 0.25) is 0 Å². The molecule has 190 valence electrons. The van der Waals surface area contributed by atoms with Crippen molar-refractivity contribution >= 4 is 17.4 Å². The van der Waals surface area contributed by atoms with Crippen molar-refractivity contribution in [1.29, 1.82) is 0 Å². The molecule has 1 aromatic heterocycles. The van der Waals surface area contributed by atoms with Gasteiger partial charge in [0.05, 0.1) is 12.0 Å². The molecule has 3 aliphatic carbocycles. The number of fused-ring (bicyclic) bond motifs is 5. The van der Waals surface area contributed by atoms with Crippen molar-refractivity contribution in [1.82, 2.24) is 10.3 Å². The monoisotopic (exact) mass is 498 g/mol. The second kappa shape index (κ2) is 9.05. The van der Waals surface area contributed by atoms with Gasteiger partial charge in [0.15, 0.2) is 0 Å². The zero-order chi connectivity index (χ0) is 25.7. The molecule has 0 aliphatic heterocycles. The maximum atomic E-state index is 13.3. The summed E-state index contributed by atoms with van der Waals surface area (Å²) in [6.07, 6.45) is 4.54. The molecule has 5 nitrogen and oxygen atoms in total. The van der Waals surface area contributed by atoms with E-state index in [1.165, 1.54) is 17.2 Å². The molecule has 3 aliphatic rings. The number of carbonyl (C=O) groups excluding carboxylic acids is 1. The number of nitrogens with zero attached hydrogens (tertiary/aromatic N) is 1. The Hall–Kier alpha value is -3.16. The van der Waals surface area contributed by atoms with E-state index >= 15 is 0 Å². The summed E-state index contributed by atoms with van der Waals surface area (Å²) in [5, 5.41) is 11.4. The first-order valence-corrected chi connectivity index (χ1v) is 12.4. The number of nitrogens with one attached hydrogen (secondary N) is 1. The van der Waals surface area contributed by atoms with E-state index in [1.54, 1.807) is 6.20 Å². The number of amides is 1. The molecule has 4 atom stereocenters. The number of hydrogen-bond donors (Lipinski definition) is 2. The minimum atomic E-state index is -4.42. The van der Waals surface area contributed by atoms with Gasteiger partial charge in [-0.3, -0.25) is 14.6 Å². The first-order valence-electron chi connectivity index (χ1n) is 12.4. The van der Waals surface area contributed by atoms with Crippen molar-refractivity contribution in [2.75, 3.05) is 6.54 Å². The number of carbonyl (C=O) groups is 2. The fourth-order valence-corrected chi connectivity index (χ4v) is 6.87. The van der Waals surface area contributed by atoms with Crippen molar-refractivity contribution in [3.8, 4) is 0 Å². The van der Waals surface area contributed by atoms with Crippen LogP contribution in [0.25, 0.3) is 5.57 Å². The Morgan fingerprint density at radius 1 is 1.19 bits per heavy atom. The quantitative estimate of drug-likeness (QED) is 0.542. The smallest absolute Gasteiger partial charge is 0.417 e. The average Bonchev–Trinajstić information content (AvgIpc) is 3.20. The SMILES string of the molecule is C[C@]12CCC3c4ccc(C(=O)NCCC(=O)O)cc4CCC3C1CC=C2c1cncc(C(F)(F)F)c1. The Labute approximate surface area is 207 Å². The van der Waals surface area contributed by atoms with Crippen LogP contribution in [-0.2, 0) is 17.4 Å². The molecule has 36 heavy (non-hydrogen) atoms. The Bertz CT molecular complexity index is 1240. The van der Waals surface area contributed by atoms with Crippen molar-refractivity contribution in [2.45, 2.75) is 57.5 Å². The molecule has 2 aromatic rings. The largest absolute Gasteiger partial charge is 0.481 e. The van der Waals surface area contributed by atoms with Crippen LogP contribution in [0.1, 0.15) is 77.6 Å². The molecule has 5 rings (SSSR count). The highest BCUT2D eigenvalue weighted by Crippen LogP contribution is 2.63. The van der Waals surface area contributed by atoms with Gasteiger partial charge in [-0.1, -0.05) is 19.1 Å². The molecule has 3 unspecified atom stereocenters. The number of aromatic nitrogens is 1. The zero-order valence-corrected chi connectivity index (χ0v) is 20.1. The van der Waals surface area contributed by atoms with Crippen LogP contribution < -0.4 is 5.32 Å². The molecule has 0 bridgehead atoms. The highest BCUT2D eigenvalue weighted by Gasteiger charge is 2.52. The Balaban J connectivity index is 1.35. The van der Waals surface area contributed by atoms with Crippen molar-refractivity contribution < 1.29 is 27.9 Å². The van der Waals surface area contributed by atoms with Crippen LogP contribution in [0.15, 0.2) is 42.7 Å². The van der Waals surface area contributed by atoms with Gasteiger partial charge in [0.2, 0.25) is 0 Å². The van der Waals surface area contributed by atoms with Crippen molar-refractivity contribution in [2.24, 2.45) is 17.3 Å². The second-order valence-corrected chi connectivity index (χ2v) is 10.5. The number of carboxylic acids is 1. The lowest BCUT2D eigenvalue weighted by molar-refractivity contribution is -0.138. The van der Waals surface area contributed by atoms with E-state index in [2.05, 4.69) is 23.3 Å². The third-order valence-corrected chi connectivity index (χ3v) is 8.57. The van der Waals surface area contributed by atoms with Gasteiger partial charge in [-0.15, -0.1) is 0 Å². The topological polar surface area (TPSA) is 79.3 Å². The molecule has 1 fully saturated rings. The standard InChI is InChI=1S/C28H29F3N2O3/c1-27-10-8-21-20-4-3-17(26(36)33-11-9-25(34)35)12-16(20)2-5-22(21)24(27)7-6-23(27)18-13-19(15-32-14-18)28(29,30)31/h3-4,6,12-15,21-22,24H,2,5,7-11H2,1H3,(H,33,36)(H,34,35)/t21?,22?,24?,27-/m1/s1. The summed E-state index contributed by atoms with van der Waals surface area (Å²) in [4.78, 5) is 27.1. The maximum absolute atomic E-state index is 13.3. The van der Waals surface area contributed by atoms with Gasteiger partial charge in [-0.05, 0) is 95.7 Å². The van der Waals surface area contributed by atoms with Gasteiger partial charge in [-0.2, -0.15) is 13.2 Å². The normalized spacial score (nSPS) is 26.9. The predicted molar refractivity (Wildman–Crippen MR) is 128 cm³/mol. The van der Waals surface area contributed by atoms with Crippen LogP contribution in [0.3, 0.4) is 0 Å². The molecule has 8 heteroatoms. The zero-order valence-electron chi connectivity index (χ0n) is 20.1. The van der Waals surface area contributed by atoms with Crippen LogP contribution >= 0.6 is 0 Å². The van der Waals surface area contributed by atoms with Crippen molar-refractivity contribution in [3.05, 3.63) is 70.6 Å². The second-order valence-electron chi connectivity index (χ2n) is 10.5. The number of allylic oxidation sites excluding steroid dienone is 2. The molecule has 1 saturated carbocycles. The number of pyridine rings is 1. The van der Waals surface area contributed by atoms with Crippen LogP contribution in [-0.4, -0.2) is 28.5 Å².